The van der Waals surface area contributed by atoms with Crippen molar-refractivity contribution in [2.45, 2.75) is 45.1 Å². The van der Waals surface area contributed by atoms with Gasteiger partial charge in [-0.25, -0.2) is 0 Å². The Morgan fingerprint density at radius 3 is 1.66 bits per heavy atom. The van der Waals surface area contributed by atoms with Crippen LogP contribution < -0.4 is 16.0 Å². The van der Waals surface area contributed by atoms with Crippen LogP contribution in [0.1, 0.15) is 64.8 Å². The minimum Gasteiger partial charge on any atom is -0.352 e. The third-order valence-corrected chi connectivity index (χ3v) is 8.24. The molecule has 6 rings (SSSR count). The monoisotopic (exact) mass is 493 g/mol. The van der Waals surface area contributed by atoms with Gasteiger partial charge in [0, 0.05) is 41.2 Å². The molecule has 4 aliphatic rings. The molecule has 4 fully saturated rings. The summed E-state index contributed by atoms with van der Waals surface area (Å²) in [6.45, 7) is 1.13. The molecule has 0 heterocycles. The number of amides is 3. The number of rotatable bonds is 8. The molecule has 7 heteroatoms. The molecule has 0 aromatic heterocycles. The van der Waals surface area contributed by atoms with Crippen LogP contribution in [-0.4, -0.2) is 30.8 Å². The Labute approximate surface area is 211 Å². The summed E-state index contributed by atoms with van der Waals surface area (Å²) in [5.41, 5.74) is 1.91. The van der Waals surface area contributed by atoms with Crippen molar-refractivity contribution in [1.29, 1.82) is 0 Å². The van der Waals surface area contributed by atoms with Crippen LogP contribution >= 0.6 is 11.6 Å². The van der Waals surface area contributed by atoms with Gasteiger partial charge in [-0.05, 0) is 98.2 Å². The highest BCUT2D eigenvalue weighted by Gasteiger charge is 2.54. The molecule has 6 nitrogen and oxygen atoms in total. The van der Waals surface area contributed by atoms with E-state index in [-0.39, 0.29) is 23.1 Å². The summed E-state index contributed by atoms with van der Waals surface area (Å²) in [7, 11) is 0. The summed E-state index contributed by atoms with van der Waals surface area (Å²) in [5, 5.41) is 9.35. The average molecular weight is 494 g/mol. The van der Waals surface area contributed by atoms with Gasteiger partial charge in [-0.1, -0.05) is 23.7 Å². The van der Waals surface area contributed by atoms with E-state index in [0.29, 0.717) is 35.8 Å². The molecule has 2 aromatic carbocycles. The van der Waals surface area contributed by atoms with Gasteiger partial charge in [0.2, 0.25) is 5.91 Å². The largest absolute Gasteiger partial charge is 0.352 e. The Morgan fingerprint density at radius 2 is 1.17 bits per heavy atom. The molecule has 4 saturated carbocycles. The van der Waals surface area contributed by atoms with Crippen LogP contribution in [0.3, 0.4) is 0 Å². The van der Waals surface area contributed by atoms with Gasteiger partial charge in [0.1, 0.15) is 0 Å². The van der Waals surface area contributed by atoms with Crippen molar-refractivity contribution in [1.82, 2.24) is 16.0 Å². The summed E-state index contributed by atoms with van der Waals surface area (Å²) in [4.78, 5) is 37.7. The van der Waals surface area contributed by atoms with Crippen LogP contribution in [0, 0.1) is 23.2 Å². The Hall–Kier alpha value is -2.86. The lowest BCUT2D eigenvalue weighted by Gasteiger charge is -2.55. The first-order chi connectivity index (χ1) is 16.9. The molecule has 0 saturated heterocycles. The van der Waals surface area contributed by atoms with Crippen molar-refractivity contribution < 1.29 is 14.4 Å². The minimum absolute atomic E-state index is 0.141. The first kappa shape index (κ1) is 23.9. The molecule has 0 aliphatic heterocycles. The number of hydrogen-bond acceptors (Lipinski definition) is 3. The maximum absolute atomic E-state index is 13.1. The topological polar surface area (TPSA) is 87.3 Å². The average Bonchev–Trinajstić information content (AvgIpc) is 2.85. The van der Waals surface area contributed by atoms with Crippen molar-refractivity contribution in [3.05, 3.63) is 70.2 Å². The number of benzene rings is 2. The van der Waals surface area contributed by atoms with Gasteiger partial charge in [-0.15, -0.1) is 0 Å². The van der Waals surface area contributed by atoms with Crippen LogP contribution in [0.5, 0.6) is 0 Å². The highest BCUT2D eigenvalue weighted by molar-refractivity contribution is 6.30. The SMILES string of the molecule is O=C(NCCNC(=O)c1ccc(CNC(=O)C23CC4CC(CC(C4)C2)C3)cc1)c1ccc(Cl)cc1. The van der Waals surface area contributed by atoms with E-state index >= 15 is 0 Å². The summed E-state index contributed by atoms with van der Waals surface area (Å²) in [6, 6.07) is 14.0. The zero-order valence-corrected chi connectivity index (χ0v) is 20.6. The number of halogens is 1. The van der Waals surface area contributed by atoms with Crippen molar-refractivity contribution in [2.75, 3.05) is 13.1 Å². The normalized spacial score (nSPS) is 26.3. The van der Waals surface area contributed by atoms with E-state index in [1.54, 1.807) is 36.4 Å². The summed E-state index contributed by atoms with van der Waals surface area (Å²) in [6.07, 6.45) is 7.15. The lowest BCUT2D eigenvalue weighted by atomic mass is 9.49. The lowest BCUT2D eigenvalue weighted by molar-refractivity contribution is -0.146. The van der Waals surface area contributed by atoms with E-state index < -0.39 is 0 Å². The van der Waals surface area contributed by atoms with E-state index in [0.717, 1.165) is 42.6 Å². The molecule has 4 bridgehead atoms. The summed E-state index contributed by atoms with van der Waals surface area (Å²) >= 11 is 5.84. The van der Waals surface area contributed by atoms with Crippen LogP contribution in [0.15, 0.2) is 48.5 Å². The van der Waals surface area contributed by atoms with Gasteiger partial charge in [0.25, 0.3) is 11.8 Å². The van der Waals surface area contributed by atoms with Crippen molar-refractivity contribution in [3.63, 3.8) is 0 Å². The lowest BCUT2D eigenvalue weighted by Crippen LogP contribution is -2.53. The molecule has 3 N–H and O–H groups in total. The number of nitrogens with one attached hydrogen (secondary N) is 3. The van der Waals surface area contributed by atoms with E-state index in [4.69, 9.17) is 11.6 Å². The molecule has 4 aliphatic carbocycles. The standard InChI is InChI=1S/C28H32ClN3O3/c29-24-7-5-23(6-8-24)26(34)31-10-9-30-25(33)22-3-1-18(2-4-22)17-32-27(35)28-14-19-11-20(15-28)13-21(12-19)16-28/h1-8,19-21H,9-17H2,(H,30,33)(H,31,34)(H,32,35). The quantitative estimate of drug-likeness (QED) is 0.478. The Balaban J connectivity index is 1.05. The molecule has 3 amide bonds. The number of carbonyl (C=O) groups is 3. The van der Waals surface area contributed by atoms with Crippen LogP contribution in [0.25, 0.3) is 0 Å². The molecular formula is C28H32ClN3O3. The van der Waals surface area contributed by atoms with Gasteiger partial charge < -0.3 is 16.0 Å². The number of hydrogen-bond donors (Lipinski definition) is 3. The fourth-order valence-electron chi connectivity index (χ4n) is 6.69. The molecular weight excluding hydrogens is 462 g/mol. The van der Waals surface area contributed by atoms with Crippen LogP contribution in [-0.2, 0) is 11.3 Å². The zero-order chi connectivity index (χ0) is 24.4. The predicted octanol–water partition coefficient (Wildman–Crippen LogP) is 4.33. The molecule has 0 spiro atoms. The second-order valence-corrected chi connectivity index (χ2v) is 11.0. The molecule has 0 atom stereocenters. The third-order valence-electron chi connectivity index (χ3n) is 7.99. The summed E-state index contributed by atoms with van der Waals surface area (Å²) in [5.74, 6) is 2.05. The molecule has 0 unspecified atom stereocenters. The van der Waals surface area contributed by atoms with E-state index in [2.05, 4.69) is 16.0 Å². The third kappa shape index (κ3) is 5.37. The van der Waals surface area contributed by atoms with E-state index in [1.165, 1.54) is 19.3 Å². The maximum atomic E-state index is 13.1. The minimum atomic E-state index is -0.212. The molecule has 2 aromatic rings. The molecule has 0 radical (unpaired) electrons. The van der Waals surface area contributed by atoms with Gasteiger partial charge in [-0.3, -0.25) is 14.4 Å². The second kappa shape index (κ2) is 10.0. The van der Waals surface area contributed by atoms with E-state index in [9.17, 15) is 14.4 Å². The highest BCUT2D eigenvalue weighted by atomic mass is 35.5. The first-order valence-electron chi connectivity index (χ1n) is 12.6. The number of carbonyl (C=O) groups excluding carboxylic acids is 3. The van der Waals surface area contributed by atoms with Crippen molar-refractivity contribution in [3.8, 4) is 0 Å². The van der Waals surface area contributed by atoms with Gasteiger partial charge in [0.05, 0.1) is 0 Å². The Bertz CT molecular complexity index is 1060. The highest BCUT2D eigenvalue weighted by Crippen LogP contribution is 2.60. The second-order valence-electron chi connectivity index (χ2n) is 10.6. The zero-order valence-electron chi connectivity index (χ0n) is 19.8. The molecule has 35 heavy (non-hydrogen) atoms. The fraction of sp³-hybridized carbons (Fsp3) is 0.464. The Kier molecular flexibility index (Phi) is 6.83. The smallest absolute Gasteiger partial charge is 0.251 e. The van der Waals surface area contributed by atoms with Gasteiger partial charge in [-0.2, -0.15) is 0 Å². The van der Waals surface area contributed by atoms with Gasteiger partial charge >= 0.3 is 0 Å². The maximum Gasteiger partial charge on any atom is 0.251 e. The van der Waals surface area contributed by atoms with Crippen molar-refractivity contribution >= 4 is 29.3 Å². The van der Waals surface area contributed by atoms with Crippen LogP contribution in [0.2, 0.25) is 5.02 Å². The first-order valence-corrected chi connectivity index (χ1v) is 13.0. The fourth-order valence-corrected chi connectivity index (χ4v) is 6.82. The Morgan fingerprint density at radius 1 is 0.714 bits per heavy atom. The molecule has 184 valence electrons. The van der Waals surface area contributed by atoms with Gasteiger partial charge in [0.15, 0.2) is 0 Å². The van der Waals surface area contributed by atoms with Crippen molar-refractivity contribution in [2.24, 2.45) is 23.2 Å². The summed E-state index contributed by atoms with van der Waals surface area (Å²) < 4.78 is 0. The van der Waals surface area contributed by atoms with Crippen LogP contribution in [0.4, 0.5) is 0 Å². The van der Waals surface area contributed by atoms with E-state index in [1.807, 2.05) is 12.1 Å². The predicted molar refractivity (Wildman–Crippen MR) is 135 cm³/mol.